The summed E-state index contributed by atoms with van der Waals surface area (Å²) in [5.41, 5.74) is 0.154. The van der Waals surface area contributed by atoms with Gasteiger partial charge in [0.1, 0.15) is 5.75 Å². The van der Waals surface area contributed by atoms with Crippen molar-refractivity contribution in [3.05, 3.63) is 36.7 Å². The molecule has 2 N–H and O–H groups in total. The molecule has 8 heteroatoms. The predicted molar refractivity (Wildman–Crippen MR) is 80.8 cm³/mol. The highest BCUT2D eigenvalue weighted by molar-refractivity contribution is 7.56. The third kappa shape index (κ3) is 3.31. The van der Waals surface area contributed by atoms with Gasteiger partial charge in [-0.05, 0) is 31.4 Å². The van der Waals surface area contributed by atoms with E-state index in [1.165, 1.54) is 18.3 Å². The first-order chi connectivity index (χ1) is 10.4. The average molecular weight is 326 g/mol. The molecule has 22 heavy (non-hydrogen) atoms. The average Bonchev–Trinajstić information content (AvgIpc) is 3.20. The summed E-state index contributed by atoms with van der Waals surface area (Å²) in [6.07, 6.45) is 2.10. The van der Waals surface area contributed by atoms with Crippen LogP contribution in [-0.4, -0.2) is 38.6 Å². The second-order valence-corrected chi connectivity index (χ2v) is 7.29. The molecule has 0 radical (unpaired) electrons. The smallest absolute Gasteiger partial charge is 0.414 e. The van der Waals surface area contributed by atoms with Gasteiger partial charge in [-0.25, -0.2) is 9.46 Å². The summed E-state index contributed by atoms with van der Waals surface area (Å²) >= 11 is 0. The molecule has 0 aliphatic heterocycles. The van der Waals surface area contributed by atoms with Crippen LogP contribution in [0.3, 0.4) is 0 Å². The summed E-state index contributed by atoms with van der Waals surface area (Å²) in [4.78, 5) is 15.6. The first-order valence-electron chi connectivity index (χ1n) is 6.94. The number of aromatic hydroxyl groups is 1. The molecule has 0 aromatic carbocycles. The van der Waals surface area contributed by atoms with Crippen LogP contribution in [0.15, 0.2) is 31.0 Å². The molecule has 1 amide bonds. The largest absolute Gasteiger partial charge is 0.506 e. The van der Waals surface area contributed by atoms with Crippen molar-refractivity contribution in [2.24, 2.45) is 5.92 Å². The van der Waals surface area contributed by atoms with E-state index >= 15 is 0 Å². The first kappa shape index (κ1) is 16.5. The number of pyridine rings is 1. The Kier molecular flexibility index (Phi) is 4.88. The number of aromatic nitrogens is 1. The van der Waals surface area contributed by atoms with Gasteiger partial charge in [0.25, 0.3) is 0 Å². The highest BCUT2D eigenvalue weighted by atomic mass is 31.2. The molecule has 1 heterocycles. The van der Waals surface area contributed by atoms with Gasteiger partial charge < -0.3 is 14.7 Å². The maximum Gasteiger partial charge on any atom is 0.414 e. The number of hydrogen-bond donors (Lipinski definition) is 2. The third-order valence-electron chi connectivity index (χ3n) is 3.49. The molecule has 1 fully saturated rings. The minimum Gasteiger partial charge on any atom is -0.506 e. The second kappa shape index (κ2) is 6.50. The summed E-state index contributed by atoms with van der Waals surface area (Å²) in [7, 11) is -3.72. The quantitative estimate of drug-likeness (QED) is 0.590. The fourth-order valence-electron chi connectivity index (χ4n) is 2.36. The molecule has 3 atom stereocenters. The van der Waals surface area contributed by atoms with Gasteiger partial charge >= 0.3 is 13.6 Å². The molecular formula is C14H19N2O5P. The van der Waals surface area contributed by atoms with E-state index in [0.717, 1.165) is 4.67 Å². The van der Waals surface area contributed by atoms with Gasteiger partial charge in [0.15, 0.2) is 0 Å². The zero-order valence-electron chi connectivity index (χ0n) is 12.3. The van der Waals surface area contributed by atoms with Gasteiger partial charge in [-0.2, -0.15) is 0 Å². The standard InChI is InChI=1S/C14H19N2O5P/c1-3-10-8-12(10)16(14(18)19)22(20,21-4-2)9-11-13(17)6-5-7-15-11/h3,5-7,10,12,17H,1,4,8-9H2,2H3,(H,18,19)/t10?,12-,22?/m0/s1. The van der Waals surface area contributed by atoms with Crippen LogP contribution in [0.5, 0.6) is 5.75 Å². The normalized spacial score (nSPS) is 22.6. The van der Waals surface area contributed by atoms with Crippen LogP contribution in [0.1, 0.15) is 19.0 Å². The molecule has 120 valence electrons. The van der Waals surface area contributed by atoms with E-state index in [1.807, 2.05) is 0 Å². The lowest BCUT2D eigenvalue weighted by Gasteiger charge is -2.29. The topological polar surface area (TPSA) is 100.0 Å². The Balaban J connectivity index is 2.33. The van der Waals surface area contributed by atoms with Crippen molar-refractivity contribution in [3.63, 3.8) is 0 Å². The number of rotatable bonds is 7. The molecule has 1 saturated carbocycles. The van der Waals surface area contributed by atoms with Gasteiger partial charge in [-0.3, -0.25) is 9.55 Å². The summed E-state index contributed by atoms with van der Waals surface area (Å²) in [5.74, 6) is -0.161. The van der Waals surface area contributed by atoms with Crippen molar-refractivity contribution in [3.8, 4) is 5.75 Å². The molecule has 1 aromatic rings. The van der Waals surface area contributed by atoms with Crippen LogP contribution in [-0.2, 0) is 15.3 Å². The fraction of sp³-hybridized carbons (Fsp3) is 0.429. The monoisotopic (exact) mass is 326 g/mol. The van der Waals surface area contributed by atoms with Crippen molar-refractivity contribution in [2.75, 3.05) is 6.61 Å². The van der Waals surface area contributed by atoms with Crippen molar-refractivity contribution in [2.45, 2.75) is 25.5 Å². The van der Waals surface area contributed by atoms with Gasteiger partial charge in [0.2, 0.25) is 0 Å². The zero-order chi connectivity index (χ0) is 16.3. The lowest BCUT2D eigenvalue weighted by atomic mass is 10.3. The van der Waals surface area contributed by atoms with E-state index in [1.54, 1.807) is 13.0 Å². The molecule has 2 rings (SSSR count). The molecule has 1 aliphatic carbocycles. The zero-order valence-corrected chi connectivity index (χ0v) is 13.1. The molecule has 1 aromatic heterocycles. The Bertz CT molecular complexity index is 621. The number of hydrogen-bond acceptors (Lipinski definition) is 5. The SMILES string of the molecule is C=CC1C[C@@H]1N(C(=O)O)P(=O)(Cc1ncccc1O)OCC. The number of amides is 1. The van der Waals surface area contributed by atoms with Gasteiger partial charge in [0.05, 0.1) is 24.5 Å². The lowest BCUT2D eigenvalue weighted by Crippen LogP contribution is -2.31. The Hall–Kier alpha value is -1.85. The highest BCUT2D eigenvalue weighted by Crippen LogP contribution is 2.60. The van der Waals surface area contributed by atoms with Crippen LogP contribution in [0.4, 0.5) is 4.79 Å². The second-order valence-electron chi connectivity index (χ2n) is 5.01. The van der Waals surface area contributed by atoms with Crippen LogP contribution in [0.25, 0.3) is 0 Å². The third-order valence-corrected chi connectivity index (χ3v) is 5.98. The van der Waals surface area contributed by atoms with Gasteiger partial charge in [-0.1, -0.05) is 6.08 Å². The number of carboxylic acid groups (broad SMARTS) is 1. The van der Waals surface area contributed by atoms with Crippen LogP contribution in [0.2, 0.25) is 0 Å². The molecule has 0 saturated heterocycles. The maximum atomic E-state index is 13.2. The summed E-state index contributed by atoms with van der Waals surface area (Å²) in [5, 5.41) is 19.3. The van der Waals surface area contributed by atoms with Crippen molar-refractivity contribution >= 4 is 13.6 Å². The van der Waals surface area contributed by atoms with Crippen LogP contribution in [0, 0.1) is 5.92 Å². The van der Waals surface area contributed by atoms with E-state index in [-0.39, 0.29) is 30.1 Å². The molecular weight excluding hydrogens is 307 g/mol. The Morgan fingerprint density at radius 3 is 2.91 bits per heavy atom. The van der Waals surface area contributed by atoms with Crippen molar-refractivity contribution in [1.82, 2.24) is 9.65 Å². The predicted octanol–water partition coefficient (Wildman–Crippen LogP) is 3.07. The Morgan fingerprint density at radius 2 is 2.41 bits per heavy atom. The number of nitrogens with zero attached hydrogens (tertiary/aromatic N) is 2. The van der Waals surface area contributed by atoms with E-state index in [9.17, 15) is 19.6 Å². The Morgan fingerprint density at radius 1 is 1.68 bits per heavy atom. The molecule has 0 spiro atoms. The first-order valence-corrected chi connectivity index (χ1v) is 8.71. The fourth-order valence-corrected chi connectivity index (χ4v) is 4.73. The lowest BCUT2D eigenvalue weighted by molar-refractivity contribution is 0.160. The summed E-state index contributed by atoms with van der Waals surface area (Å²) in [6, 6.07) is 2.54. The molecule has 7 nitrogen and oxygen atoms in total. The Labute approximate surface area is 128 Å². The number of carbonyl (C=O) groups is 1. The molecule has 2 unspecified atom stereocenters. The van der Waals surface area contributed by atoms with Crippen molar-refractivity contribution in [1.29, 1.82) is 0 Å². The van der Waals surface area contributed by atoms with Crippen LogP contribution >= 0.6 is 7.52 Å². The minimum absolute atomic E-state index is 0.0257. The molecule has 1 aliphatic rings. The maximum absolute atomic E-state index is 13.2. The highest BCUT2D eigenvalue weighted by Gasteiger charge is 2.51. The van der Waals surface area contributed by atoms with Crippen LogP contribution < -0.4 is 0 Å². The van der Waals surface area contributed by atoms with Gasteiger partial charge in [-0.15, -0.1) is 6.58 Å². The van der Waals surface area contributed by atoms with Crippen molar-refractivity contribution < 1.29 is 24.1 Å². The molecule has 0 bridgehead atoms. The minimum atomic E-state index is -3.72. The van der Waals surface area contributed by atoms with E-state index < -0.39 is 19.7 Å². The summed E-state index contributed by atoms with van der Waals surface area (Å²) in [6.45, 7) is 5.38. The van der Waals surface area contributed by atoms with E-state index in [0.29, 0.717) is 6.42 Å². The van der Waals surface area contributed by atoms with Gasteiger partial charge in [0, 0.05) is 6.20 Å². The van der Waals surface area contributed by atoms with E-state index in [2.05, 4.69) is 11.6 Å². The summed E-state index contributed by atoms with van der Waals surface area (Å²) < 4.78 is 19.4. The van der Waals surface area contributed by atoms with E-state index in [4.69, 9.17) is 4.52 Å².